The van der Waals surface area contributed by atoms with Gasteiger partial charge in [-0.1, -0.05) is 0 Å². The minimum absolute atomic E-state index is 0.418. The van der Waals surface area contributed by atoms with Crippen molar-refractivity contribution in [2.45, 2.75) is 26.4 Å². The van der Waals surface area contributed by atoms with E-state index in [1.54, 1.807) is 17.7 Å². The van der Waals surface area contributed by atoms with E-state index in [4.69, 9.17) is 0 Å². The molecule has 1 fully saturated rings. The lowest BCUT2D eigenvalue weighted by Gasteiger charge is -2.35. The van der Waals surface area contributed by atoms with E-state index in [9.17, 15) is 0 Å². The average Bonchev–Trinajstić information content (AvgIpc) is 3.24. The first-order valence-electron chi connectivity index (χ1n) is 8.39. The summed E-state index contributed by atoms with van der Waals surface area (Å²) in [5.41, 5.74) is 1.29. The number of rotatable bonds is 4. The van der Waals surface area contributed by atoms with E-state index in [2.05, 4.69) is 56.4 Å². The van der Waals surface area contributed by atoms with Crippen molar-refractivity contribution >= 4 is 27.4 Å². The third-order valence-corrected chi connectivity index (χ3v) is 5.32. The van der Waals surface area contributed by atoms with Gasteiger partial charge in [0.15, 0.2) is 0 Å². The molecule has 0 bridgehead atoms. The summed E-state index contributed by atoms with van der Waals surface area (Å²) in [7, 11) is 0. The van der Waals surface area contributed by atoms with E-state index in [0.29, 0.717) is 6.04 Å². The van der Waals surface area contributed by atoms with Crippen LogP contribution in [0, 0.1) is 0 Å². The molecule has 1 saturated heterocycles. The van der Waals surface area contributed by atoms with Crippen molar-refractivity contribution in [3.05, 3.63) is 35.7 Å². The zero-order valence-electron chi connectivity index (χ0n) is 14.1. The van der Waals surface area contributed by atoms with Crippen molar-refractivity contribution in [1.82, 2.24) is 24.6 Å². The van der Waals surface area contributed by atoms with Crippen LogP contribution in [0.4, 0.5) is 5.82 Å². The summed E-state index contributed by atoms with van der Waals surface area (Å²) in [6, 6.07) is 2.54. The molecule has 4 rings (SSSR count). The summed E-state index contributed by atoms with van der Waals surface area (Å²) in [6.07, 6.45) is 5.84. The van der Waals surface area contributed by atoms with Crippen LogP contribution in [0.2, 0.25) is 0 Å². The highest BCUT2D eigenvalue weighted by atomic mass is 32.1. The van der Waals surface area contributed by atoms with Gasteiger partial charge in [-0.25, -0.2) is 9.97 Å². The molecule has 4 heterocycles. The van der Waals surface area contributed by atoms with Gasteiger partial charge in [-0.2, -0.15) is 5.10 Å². The van der Waals surface area contributed by atoms with Crippen molar-refractivity contribution in [1.29, 1.82) is 0 Å². The quantitative estimate of drug-likeness (QED) is 0.730. The molecule has 0 radical (unpaired) electrons. The SMILES string of the molecule is CC(C)n1cc(CN2CCN(c3ncnc4sccc34)CC2)cn1. The largest absolute Gasteiger partial charge is 0.353 e. The summed E-state index contributed by atoms with van der Waals surface area (Å²) < 4.78 is 2.03. The molecular weight excluding hydrogens is 320 g/mol. The lowest BCUT2D eigenvalue weighted by Crippen LogP contribution is -2.46. The number of aromatic nitrogens is 4. The number of nitrogens with zero attached hydrogens (tertiary/aromatic N) is 6. The van der Waals surface area contributed by atoms with Gasteiger partial charge in [0.05, 0.1) is 11.6 Å². The predicted octanol–water partition coefficient (Wildman–Crippen LogP) is 2.79. The number of hydrogen-bond acceptors (Lipinski definition) is 6. The summed E-state index contributed by atoms with van der Waals surface area (Å²) in [6.45, 7) is 9.37. The molecule has 7 heteroatoms. The second-order valence-electron chi connectivity index (χ2n) is 6.52. The Morgan fingerprint density at radius 1 is 1.17 bits per heavy atom. The van der Waals surface area contributed by atoms with Crippen molar-refractivity contribution < 1.29 is 0 Å². The second kappa shape index (κ2) is 6.49. The Hall–Kier alpha value is -1.99. The van der Waals surface area contributed by atoms with E-state index in [-0.39, 0.29) is 0 Å². The second-order valence-corrected chi connectivity index (χ2v) is 7.42. The van der Waals surface area contributed by atoms with Gasteiger partial charge >= 0.3 is 0 Å². The summed E-state index contributed by atoms with van der Waals surface area (Å²) in [4.78, 5) is 14.8. The van der Waals surface area contributed by atoms with Crippen LogP contribution in [0.25, 0.3) is 10.2 Å². The summed E-state index contributed by atoms with van der Waals surface area (Å²) in [5, 5.41) is 7.70. The average molecular weight is 342 g/mol. The first-order chi connectivity index (χ1) is 11.7. The predicted molar refractivity (Wildman–Crippen MR) is 97.5 cm³/mol. The van der Waals surface area contributed by atoms with Crippen LogP contribution >= 0.6 is 11.3 Å². The van der Waals surface area contributed by atoms with Crippen LogP contribution in [0.3, 0.4) is 0 Å². The van der Waals surface area contributed by atoms with Gasteiger partial charge in [0, 0.05) is 50.5 Å². The van der Waals surface area contributed by atoms with Gasteiger partial charge in [0.1, 0.15) is 17.0 Å². The standard InChI is InChI=1S/C17H22N6S/c1-13(2)23-11-14(9-20-23)10-21-4-6-22(7-5-21)16-15-3-8-24-17(15)19-12-18-16/h3,8-9,11-13H,4-7,10H2,1-2H3. The first kappa shape index (κ1) is 15.5. The van der Waals surface area contributed by atoms with Crippen molar-refractivity contribution in [3.63, 3.8) is 0 Å². The fourth-order valence-corrected chi connectivity index (χ4v) is 3.87. The fraction of sp³-hybridized carbons (Fsp3) is 0.471. The Kier molecular flexibility index (Phi) is 4.20. The first-order valence-corrected chi connectivity index (χ1v) is 9.27. The molecule has 6 nitrogen and oxygen atoms in total. The maximum absolute atomic E-state index is 4.52. The monoisotopic (exact) mass is 342 g/mol. The van der Waals surface area contributed by atoms with Gasteiger partial charge in [-0.15, -0.1) is 11.3 Å². The van der Waals surface area contributed by atoms with Crippen LogP contribution in [0.1, 0.15) is 25.5 Å². The van der Waals surface area contributed by atoms with Crippen LogP contribution in [0.15, 0.2) is 30.2 Å². The molecule has 126 valence electrons. The molecule has 3 aromatic rings. The van der Waals surface area contributed by atoms with E-state index >= 15 is 0 Å². The molecule has 3 aromatic heterocycles. The summed E-state index contributed by atoms with van der Waals surface area (Å²) >= 11 is 1.67. The van der Waals surface area contributed by atoms with Crippen LogP contribution in [-0.4, -0.2) is 50.8 Å². The fourth-order valence-electron chi connectivity index (χ4n) is 3.15. The molecule has 0 amide bonds. The van der Waals surface area contributed by atoms with Gasteiger partial charge in [-0.3, -0.25) is 9.58 Å². The highest BCUT2D eigenvalue weighted by Crippen LogP contribution is 2.27. The number of piperazine rings is 1. The highest BCUT2D eigenvalue weighted by Gasteiger charge is 2.20. The Labute approximate surface area is 145 Å². The topological polar surface area (TPSA) is 50.1 Å². The van der Waals surface area contributed by atoms with Crippen molar-refractivity contribution in [2.75, 3.05) is 31.1 Å². The zero-order chi connectivity index (χ0) is 16.5. The van der Waals surface area contributed by atoms with Gasteiger partial charge in [0.2, 0.25) is 0 Å². The molecule has 0 unspecified atom stereocenters. The summed E-state index contributed by atoms with van der Waals surface area (Å²) in [5.74, 6) is 1.08. The molecule has 0 N–H and O–H groups in total. The molecular formula is C17H22N6S. The highest BCUT2D eigenvalue weighted by molar-refractivity contribution is 7.16. The Balaban J connectivity index is 1.40. The molecule has 0 atom stereocenters. The molecule has 1 aliphatic rings. The minimum atomic E-state index is 0.418. The number of anilines is 1. The van der Waals surface area contributed by atoms with Gasteiger partial charge in [-0.05, 0) is 25.3 Å². The van der Waals surface area contributed by atoms with E-state index < -0.39 is 0 Å². The molecule has 0 aliphatic carbocycles. The van der Waals surface area contributed by atoms with Crippen LogP contribution < -0.4 is 4.90 Å². The smallest absolute Gasteiger partial charge is 0.140 e. The normalized spacial score (nSPS) is 16.4. The maximum atomic E-state index is 4.52. The lowest BCUT2D eigenvalue weighted by molar-refractivity contribution is 0.249. The zero-order valence-corrected chi connectivity index (χ0v) is 14.9. The maximum Gasteiger partial charge on any atom is 0.140 e. The van der Waals surface area contributed by atoms with E-state index in [1.165, 1.54) is 10.9 Å². The Morgan fingerprint density at radius 3 is 2.75 bits per heavy atom. The molecule has 1 aliphatic heterocycles. The third-order valence-electron chi connectivity index (χ3n) is 4.50. The van der Waals surface area contributed by atoms with Gasteiger partial charge < -0.3 is 4.90 Å². The molecule has 0 saturated carbocycles. The third kappa shape index (κ3) is 3.01. The molecule has 0 aromatic carbocycles. The number of fused-ring (bicyclic) bond motifs is 1. The van der Waals surface area contributed by atoms with Crippen LogP contribution in [0.5, 0.6) is 0 Å². The van der Waals surface area contributed by atoms with Crippen molar-refractivity contribution in [2.24, 2.45) is 0 Å². The number of thiophene rings is 1. The Bertz CT molecular complexity index is 815. The lowest BCUT2D eigenvalue weighted by atomic mass is 10.2. The molecule has 0 spiro atoms. The van der Waals surface area contributed by atoms with Crippen LogP contribution in [-0.2, 0) is 6.54 Å². The number of hydrogen-bond donors (Lipinski definition) is 0. The molecule has 24 heavy (non-hydrogen) atoms. The van der Waals surface area contributed by atoms with Crippen molar-refractivity contribution in [3.8, 4) is 0 Å². The van der Waals surface area contributed by atoms with Gasteiger partial charge in [0.25, 0.3) is 0 Å². The Morgan fingerprint density at radius 2 is 2.00 bits per heavy atom. The minimum Gasteiger partial charge on any atom is -0.353 e. The van der Waals surface area contributed by atoms with E-state index in [0.717, 1.165) is 43.4 Å². The van der Waals surface area contributed by atoms with E-state index in [1.807, 2.05) is 10.9 Å².